The van der Waals surface area contributed by atoms with E-state index in [0.717, 1.165) is 27.4 Å². The van der Waals surface area contributed by atoms with E-state index >= 15 is 0 Å². The monoisotopic (exact) mass is 1200 g/mol. The van der Waals surface area contributed by atoms with Crippen LogP contribution in [0.2, 0.25) is 0 Å². The third kappa shape index (κ3) is 42.1. The van der Waals surface area contributed by atoms with Crippen molar-refractivity contribution in [1.29, 1.82) is 0 Å². The number of thiazole rings is 2. The van der Waals surface area contributed by atoms with Crippen molar-refractivity contribution in [3.63, 3.8) is 0 Å². The molecule has 0 aromatic carbocycles. The first kappa shape index (κ1) is 64.4. The topological polar surface area (TPSA) is 169 Å². The second-order valence-corrected chi connectivity index (χ2v) is 23.0. The number of oxazole rings is 2. The maximum absolute atomic E-state index is 4.83. The molecule has 0 unspecified atom stereocenters. The molecule has 0 spiro atoms. The van der Waals surface area contributed by atoms with E-state index < -0.39 is 0 Å². The maximum atomic E-state index is 4.83. The fourth-order valence-corrected chi connectivity index (χ4v) is 8.57. The van der Waals surface area contributed by atoms with Crippen molar-refractivity contribution in [1.82, 2.24) is 40.3 Å². The summed E-state index contributed by atoms with van der Waals surface area (Å²) < 4.78 is 25.1. The molecule has 0 saturated carbocycles. The molecular weight excluding hydrogens is 1130 g/mol. The molecule has 12 aromatic heterocycles. The number of aromatic nitrogens is 8. The van der Waals surface area contributed by atoms with Gasteiger partial charge in [0.15, 0.2) is 12.3 Å². The Hall–Kier alpha value is -5.66. The number of hydrogen-bond donors (Lipinski definition) is 0. The summed E-state index contributed by atoms with van der Waals surface area (Å²) in [6.07, 6.45) is 16.2. The van der Waals surface area contributed by atoms with Crippen LogP contribution in [0.4, 0.5) is 0 Å². The van der Waals surface area contributed by atoms with Gasteiger partial charge < -0.3 is 22.1 Å². The van der Waals surface area contributed by atoms with Crippen LogP contribution in [0.3, 0.4) is 0 Å². The van der Waals surface area contributed by atoms with Gasteiger partial charge in [-0.2, -0.15) is 11.3 Å². The molecule has 0 aliphatic heterocycles. The minimum Gasteiger partial charge on any atom is -0.472 e. The van der Waals surface area contributed by atoms with Crippen LogP contribution in [0.1, 0.15) is 64.2 Å². The number of rotatable bonds is 0. The van der Waals surface area contributed by atoms with Crippen LogP contribution >= 0.6 is 56.7 Å². The van der Waals surface area contributed by atoms with Gasteiger partial charge in [-0.3, -0.25) is 9.97 Å². The largest absolute Gasteiger partial charge is 0.472 e. The maximum Gasteiger partial charge on any atom is 0.213 e. The van der Waals surface area contributed by atoms with Crippen molar-refractivity contribution >= 4 is 85.7 Å². The number of thiophene rings is 2. The van der Waals surface area contributed by atoms with Crippen molar-refractivity contribution in [3.05, 3.63) is 229 Å². The van der Waals surface area contributed by atoms with Crippen LogP contribution in [0.25, 0.3) is 0 Å². The van der Waals surface area contributed by atoms with Crippen molar-refractivity contribution in [3.8, 4) is 0 Å². The molecule has 12 heterocycles. The summed E-state index contributed by atoms with van der Waals surface area (Å²) in [5, 5.41) is 24.6. The van der Waals surface area contributed by atoms with Gasteiger partial charge in [-0.15, -0.1) is 65.7 Å². The van der Waals surface area contributed by atoms with Gasteiger partial charge in [0.25, 0.3) is 0 Å². The predicted octanol–water partition coefficient (Wildman–Crippen LogP) is 15.5. The summed E-state index contributed by atoms with van der Waals surface area (Å²) in [4.78, 5) is 24.6. The third-order valence-electron chi connectivity index (χ3n) is 7.14. The van der Waals surface area contributed by atoms with Gasteiger partial charge >= 0.3 is 85.9 Å². The Balaban J connectivity index is 0.000000393. The van der Waals surface area contributed by atoms with E-state index in [9.17, 15) is 0 Å². The molecule has 13 nitrogen and oxygen atoms in total. The van der Waals surface area contributed by atoms with Crippen molar-refractivity contribution in [2.75, 3.05) is 0 Å². The Bertz CT molecular complexity index is 2040. The smallest absolute Gasteiger partial charge is 0.213 e. The van der Waals surface area contributed by atoms with Crippen LogP contribution in [0, 0.1) is 83.1 Å². The number of aryl methyl sites for hydroxylation is 12. The van der Waals surface area contributed by atoms with Gasteiger partial charge in [0.1, 0.15) is 28.3 Å². The molecule has 72 heavy (non-hydrogen) atoms. The van der Waals surface area contributed by atoms with Crippen molar-refractivity contribution in [2.24, 2.45) is 0 Å². The zero-order valence-electron chi connectivity index (χ0n) is 42.6. The summed E-state index contributed by atoms with van der Waals surface area (Å²) in [5.74, 6) is 3.15. The van der Waals surface area contributed by atoms with E-state index in [1.165, 1.54) is 43.7 Å². The molecule has 0 fully saturated rings. The Kier molecular flexibility index (Phi) is 39.4. The fraction of sp³-hybridized carbons (Fsp3) is 0.231. The normalized spacial score (nSPS) is 8.83. The third-order valence-corrected chi connectivity index (χ3v) is 14.1. The molecule has 0 N–H and O–H groups in total. The van der Waals surface area contributed by atoms with Crippen molar-refractivity contribution < 1.29 is 22.1 Å². The van der Waals surface area contributed by atoms with Crippen LogP contribution < -0.4 is 0 Å². The number of nitrogens with zero attached hydrogens (tertiary/aromatic N) is 8. The summed E-state index contributed by atoms with van der Waals surface area (Å²) in [5.41, 5.74) is 7.51. The van der Waals surface area contributed by atoms with E-state index in [4.69, 9.17) is 17.7 Å². The Labute approximate surface area is 456 Å². The van der Waals surface area contributed by atoms with Crippen LogP contribution in [-0.2, 0) is 0 Å². The standard InChI is InChI=1S/2C5H6O.2C5H6S.2C5H6Se.2C4H5NO.2C4H5NS.C3H4N2O.C3H4N2S/c1-5-2-3-6-4-5;1-5-3-2-4-6-5;1-5-2-3-6-4-5;1-5-3-2-4-6-5;1-5-2-3-6-4-5;1-5-3-2-4-6-5;1-4-2-5-3-6-4;1-4-5-2-3-6-4;1-4-2-5-3-6-4;1-4-5-2-3-6-4;2*1-3-5-4-2-6-3/h6*2-4H,1H3;4*2-3H,1H3;2*2H,1H3. The van der Waals surface area contributed by atoms with Gasteiger partial charge in [0, 0.05) is 41.4 Å². The van der Waals surface area contributed by atoms with E-state index in [-0.39, 0.29) is 0 Å². The zero-order chi connectivity index (χ0) is 52.9. The molecule has 0 amide bonds. The quantitative estimate of drug-likeness (QED) is 0.132. The Morgan fingerprint density at radius 2 is 1.33 bits per heavy atom. The van der Waals surface area contributed by atoms with Crippen LogP contribution in [0.15, 0.2) is 187 Å². The molecule has 0 atom stereocenters. The molecule has 0 radical (unpaired) electrons. The SMILES string of the molecule is Cc1cc[se]c1.Cc1ccc[se]1.Cc1ccco1.Cc1cccs1.Cc1ccoc1.Cc1ccsc1.Cc1cnco1.Cc1cncs1.Cc1ncco1.Cc1nccs1.Cc1nnco1.Cc1nncs1. The molecule has 20 heteroatoms. The minimum absolute atomic E-state index is 0.606. The van der Waals surface area contributed by atoms with Gasteiger partial charge in [-0.25, -0.2) is 9.97 Å². The molecule has 0 aliphatic rings. The molecule has 12 aromatic rings. The molecule has 0 bridgehead atoms. The van der Waals surface area contributed by atoms with E-state index in [0.29, 0.717) is 34.9 Å². The average molecular weight is 1200 g/mol. The predicted molar refractivity (Wildman–Crippen MR) is 301 cm³/mol. The van der Waals surface area contributed by atoms with Gasteiger partial charge in [0.2, 0.25) is 12.3 Å². The first-order valence-electron chi connectivity index (χ1n) is 21.6. The van der Waals surface area contributed by atoms with Crippen LogP contribution in [0.5, 0.6) is 0 Å². The zero-order valence-corrected chi connectivity index (χ0v) is 50.2. The molecule has 384 valence electrons. The van der Waals surface area contributed by atoms with E-state index in [1.807, 2.05) is 76.8 Å². The minimum atomic E-state index is 0.606. The van der Waals surface area contributed by atoms with Gasteiger partial charge in [0.05, 0.1) is 41.7 Å². The second kappa shape index (κ2) is 44.1. The molecule has 12 rings (SSSR count). The van der Waals surface area contributed by atoms with E-state index in [2.05, 4.69) is 140 Å². The summed E-state index contributed by atoms with van der Waals surface area (Å²) in [6.45, 7) is 23.8. The number of hydrogen-bond acceptors (Lipinski definition) is 18. The van der Waals surface area contributed by atoms with Crippen molar-refractivity contribution in [2.45, 2.75) is 83.1 Å². The fourth-order valence-electron chi connectivity index (χ4n) is 3.68. The Morgan fingerprint density at radius 3 is 1.50 bits per heavy atom. The first-order valence-corrected chi connectivity index (χ1v) is 29.9. The molecule has 0 saturated heterocycles. The molecule has 0 aliphatic carbocycles. The van der Waals surface area contributed by atoms with Gasteiger partial charge in [-0.05, 0) is 113 Å². The summed E-state index contributed by atoms with van der Waals surface area (Å²) >= 11 is 9.81. The number of furan rings is 2. The molecular formula is C52H64N8O5S5Se2. The Morgan fingerprint density at radius 1 is 0.500 bits per heavy atom. The van der Waals surface area contributed by atoms with E-state index in [1.54, 1.807) is 120 Å². The van der Waals surface area contributed by atoms with Crippen LogP contribution in [-0.4, -0.2) is 69.3 Å². The van der Waals surface area contributed by atoms with Gasteiger partial charge in [-0.1, -0.05) is 6.07 Å². The second-order valence-electron chi connectivity index (χ2n) is 13.8. The average Bonchev–Trinajstić information content (AvgIpc) is 4.18. The summed E-state index contributed by atoms with van der Waals surface area (Å²) in [7, 11) is 0. The first-order chi connectivity index (χ1) is 34.7. The summed E-state index contributed by atoms with van der Waals surface area (Å²) in [6, 6.07) is 18.4.